The molecule has 0 unspecified atom stereocenters. The van der Waals surface area contributed by atoms with Crippen LogP contribution in [0.15, 0.2) is 47.4 Å². The lowest BCUT2D eigenvalue weighted by Crippen LogP contribution is -2.38. The van der Waals surface area contributed by atoms with Crippen molar-refractivity contribution in [2.45, 2.75) is 18.2 Å². The Morgan fingerprint density at radius 1 is 0.848 bits per heavy atom. The van der Waals surface area contributed by atoms with Gasteiger partial charge in [-0.25, -0.2) is 18.0 Å². The summed E-state index contributed by atoms with van der Waals surface area (Å²) >= 11 is 0. The van der Waals surface area contributed by atoms with Crippen LogP contribution in [0.5, 0.6) is 0 Å². The first-order valence-electron chi connectivity index (χ1n) is 10.4. The van der Waals surface area contributed by atoms with E-state index >= 15 is 0 Å². The summed E-state index contributed by atoms with van der Waals surface area (Å²) < 4.78 is 37.6. The summed E-state index contributed by atoms with van der Waals surface area (Å²) in [4.78, 5) is 38.4. The molecule has 2 aromatic rings. The number of hydrogen-bond donors (Lipinski definition) is 0. The zero-order valence-electron chi connectivity index (χ0n) is 18.7. The van der Waals surface area contributed by atoms with Crippen LogP contribution in [0.3, 0.4) is 0 Å². The zero-order valence-corrected chi connectivity index (χ0v) is 19.6. The molecule has 3 rings (SSSR count). The van der Waals surface area contributed by atoms with Crippen LogP contribution in [-0.4, -0.2) is 75.9 Å². The smallest absolute Gasteiger partial charge is 0.339 e. The van der Waals surface area contributed by atoms with Crippen LogP contribution in [0.2, 0.25) is 0 Å². The summed E-state index contributed by atoms with van der Waals surface area (Å²) in [6, 6.07) is 10.9. The molecule has 0 radical (unpaired) electrons. The van der Waals surface area contributed by atoms with Crippen molar-refractivity contribution in [3.8, 4) is 0 Å². The number of carbonyl (C=O) groups excluding carboxylic acids is 3. The molecule has 0 saturated carbocycles. The fraction of sp³-hybridized carbons (Fsp3) is 0.348. The molecule has 2 aromatic carbocycles. The summed E-state index contributed by atoms with van der Waals surface area (Å²) in [5.74, 6) is -1.73. The molecule has 1 heterocycles. The SMILES string of the molecule is COC(=O)c1ccc(C(=O)OC)c(S(=O)(=O)N2CCCN(C(=O)c3cccc(C)c3)CC2)c1. The molecule has 1 fully saturated rings. The Kier molecular flexibility index (Phi) is 7.50. The van der Waals surface area contributed by atoms with Crippen LogP contribution >= 0.6 is 0 Å². The Morgan fingerprint density at radius 2 is 1.58 bits per heavy atom. The molecule has 0 atom stereocenters. The van der Waals surface area contributed by atoms with E-state index < -0.39 is 22.0 Å². The van der Waals surface area contributed by atoms with E-state index in [2.05, 4.69) is 4.74 Å². The van der Waals surface area contributed by atoms with Gasteiger partial charge in [-0.1, -0.05) is 17.7 Å². The molecule has 1 aliphatic heterocycles. The third kappa shape index (κ3) is 5.23. The third-order valence-electron chi connectivity index (χ3n) is 5.43. The number of hydrogen-bond acceptors (Lipinski definition) is 7. The van der Waals surface area contributed by atoms with Crippen molar-refractivity contribution < 1.29 is 32.3 Å². The average Bonchev–Trinajstić information content (AvgIpc) is 3.09. The normalized spacial score (nSPS) is 14.9. The van der Waals surface area contributed by atoms with Crippen LogP contribution < -0.4 is 0 Å². The van der Waals surface area contributed by atoms with Crippen LogP contribution in [-0.2, 0) is 19.5 Å². The summed E-state index contributed by atoms with van der Waals surface area (Å²) in [6.45, 7) is 2.68. The molecule has 33 heavy (non-hydrogen) atoms. The van der Waals surface area contributed by atoms with Crippen molar-refractivity contribution in [3.63, 3.8) is 0 Å². The quantitative estimate of drug-likeness (QED) is 0.611. The maximum Gasteiger partial charge on any atom is 0.339 e. The molecular formula is C23H26N2O7S. The molecule has 0 bridgehead atoms. The van der Waals surface area contributed by atoms with Gasteiger partial charge in [0.15, 0.2) is 0 Å². The Bertz CT molecular complexity index is 1180. The molecular weight excluding hydrogens is 448 g/mol. The van der Waals surface area contributed by atoms with Crippen molar-refractivity contribution in [2.24, 2.45) is 0 Å². The Hall–Kier alpha value is -3.24. The lowest BCUT2D eigenvalue weighted by atomic mass is 10.1. The Balaban J connectivity index is 1.89. The number of methoxy groups -OCH3 is 2. The minimum absolute atomic E-state index is 0.00481. The van der Waals surface area contributed by atoms with Gasteiger partial charge in [0.1, 0.15) is 0 Å². The third-order valence-corrected chi connectivity index (χ3v) is 7.37. The van der Waals surface area contributed by atoms with Gasteiger partial charge in [-0.3, -0.25) is 4.79 Å². The number of sulfonamides is 1. The van der Waals surface area contributed by atoms with Gasteiger partial charge in [0.05, 0.1) is 30.2 Å². The van der Waals surface area contributed by atoms with E-state index in [1.165, 1.54) is 23.5 Å². The van der Waals surface area contributed by atoms with Crippen molar-refractivity contribution in [1.29, 1.82) is 0 Å². The standard InChI is InChI=1S/C23H26N2O7S/c1-16-6-4-7-17(14-16)21(26)24-10-5-11-25(13-12-24)33(29,30)20-15-18(22(27)31-2)8-9-19(20)23(28)32-3/h4,6-9,14-15H,5,10-13H2,1-3H3. The molecule has 9 nitrogen and oxygen atoms in total. The topological polar surface area (TPSA) is 110 Å². The van der Waals surface area contributed by atoms with E-state index in [0.29, 0.717) is 18.5 Å². The molecule has 1 aliphatic rings. The van der Waals surface area contributed by atoms with E-state index in [1.54, 1.807) is 23.1 Å². The second kappa shape index (κ2) is 10.1. The van der Waals surface area contributed by atoms with Gasteiger partial charge in [-0.15, -0.1) is 0 Å². The maximum atomic E-state index is 13.5. The van der Waals surface area contributed by atoms with Gasteiger partial charge in [0.25, 0.3) is 5.91 Å². The van der Waals surface area contributed by atoms with E-state index in [0.717, 1.165) is 18.7 Å². The van der Waals surface area contributed by atoms with Crippen molar-refractivity contribution >= 4 is 27.9 Å². The highest BCUT2D eigenvalue weighted by Gasteiger charge is 2.32. The van der Waals surface area contributed by atoms with E-state index in [4.69, 9.17) is 4.74 Å². The van der Waals surface area contributed by atoms with Gasteiger partial charge >= 0.3 is 11.9 Å². The first-order chi connectivity index (χ1) is 15.7. The Labute approximate surface area is 192 Å². The fourth-order valence-electron chi connectivity index (χ4n) is 3.70. The highest BCUT2D eigenvalue weighted by molar-refractivity contribution is 7.89. The first-order valence-corrected chi connectivity index (χ1v) is 11.8. The van der Waals surface area contributed by atoms with Crippen LogP contribution in [0, 0.1) is 6.92 Å². The van der Waals surface area contributed by atoms with Gasteiger partial charge in [0.2, 0.25) is 10.0 Å². The summed E-state index contributed by atoms with van der Waals surface area (Å²) in [5.41, 5.74) is 1.32. The molecule has 176 valence electrons. The van der Waals surface area contributed by atoms with Gasteiger partial charge in [0, 0.05) is 31.7 Å². The van der Waals surface area contributed by atoms with Crippen molar-refractivity contribution in [1.82, 2.24) is 9.21 Å². The van der Waals surface area contributed by atoms with E-state index in [9.17, 15) is 22.8 Å². The van der Waals surface area contributed by atoms with Gasteiger partial charge in [-0.2, -0.15) is 4.31 Å². The van der Waals surface area contributed by atoms with Crippen molar-refractivity contribution in [2.75, 3.05) is 40.4 Å². The van der Waals surface area contributed by atoms with Crippen molar-refractivity contribution in [3.05, 3.63) is 64.7 Å². The molecule has 1 amide bonds. The zero-order chi connectivity index (χ0) is 24.2. The molecule has 0 aliphatic carbocycles. The maximum absolute atomic E-state index is 13.5. The predicted molar refractivity (Wildman–Crippen MR) is 120 cm³/mol. The second-order valence-electron chi connectivity index (χ2n) is 7.61. The number of rotatable bonds is 5. The lowest BCUT2D eigenvalue weighted by Gasteiger charge is -2.23. The van der Waals surface area contributed by atoms with Gasteiger partial charge < -0.3 is 14.4 Å². The highest BCUT2D eigenvalue weighted by Crippen LogP contribution is 2.25. The summed E-state index contributed by atoms with van der Waals surface area (Å²) in [5, 5.41) is 0. The molecule has 10 heteroatoms. The summed E-state index contributed by atoms with van der Waals surface area (Å²) in [7, 11) is -1.84. The molecule has 0 spiro atoms. The van der Waals surface area contributed by atoms with Crippen LogP contribution in [0.4, 0.5) is 0 Å². The number of ether oxygens (including phenoxy) is 2. The number of benzene rings is 2. The average molecular weight is 475 g/mol. The van der Waals surface area contributed by atoms with Crippen LogP contribution in [0.1, 0.15) is 43.1 Å². The highest BCUT2D eigenvalue weighted by atomic mass is 32.2. The van der Waals surface area contributed by atoms with E-state index in [1.807, 2.05) is 13.0 Å². The molecule has 0 aromatic heterocycles. The lowest BCUT2D eigenvalue weighted by molar-refractivity contribution is 0.0583. The van der Waals surface area contributed by atoms with E-state index in [-0.39, 0.29) is 41.6 Å². The minimum Gasteiger partial charge on any atom is -0.465 e. The molecule has 0 N–H and O–H groups in total. The first kappa shape index (κ1) is 24.4. The summed E-state index contributed by atoms with van der Waals surface area (Å²) in [6.07, 6.45) is 0.418. The molecule has 1 saturated heterocycles. The monoisotopic (exact) mass is 474 g/mol. The minimum atomic E-state index is -4.17. The largest absolute Gasteiger partial charge is 0.465 e. The number of aryl methyl sites for hydroxylation is 1. The fourth-order valence-corrected chi connectivity index (χ4v) is 5.37. The number of amides is 1. The van der Waals surface area contributed by atoms with Gasteiger partial charge in [-0.05, 0) is 43.7 Å². The number of esters is 2. The Morgan fingerprint density at radius 3 is 2.24 bits per heavy atom. The predicted octanol–water partition coefficient (Wildman–Crippen LogP) is 2.11. The van der Waals surface area contributed by atoms with Crippen LogP contribution in [0.25, 0.3) is 0 Å². The second-order valence-corrected chi connectivity index (χ2v) is 9.52. The number of nitrogens with zero attached hydrogens (tertiary/aromatic N) is 2. The number of carbonyl (C=O) groups is 3.